The third-order valence-electron chi connectivity index (χ3n) is 1.67. The van der Waals surface area contributed by atoms with Crippen LogP contribution in [0.1, 0.15) is 11.1 Å². The Balaban J connectivity index is 2.66. The van der Waals surface area contributed by atoms with Crippen molar-refractivity contribution in [2.45, 2.75) is 6.54 Å². The van der Waals surface area contributed by atoms with Gasteiger partial charge < -0.3 is 0 Å². The van der Waals surface area contributed by atoms with Gasteiger partial charge in [0.05, 0.1) is 6.54 Å². The van der Waals surface area contributed by atoms with Crippen molar-refractivity contribution >= 4 is 22.1 Å². The number of hydrogen-bond donors (Lipinski definition) is 0. The molecular weight excluding hydrogens is 209 g/mol. The van der Waals surface area contributed by atoms with Crippen LogP contribution in [0.25, 0.3) is 0 Å². The van der Waals surface area contributed by atoms with Gasteiger partial charge in [0.2, 0.25) is 0 Å². The van der Waals surface area contributed by atoms with Gasteiger partial charge >= 0.3 is 0 Å². The highest BCUT2D eigenvalue weighted by Crippen LogP contribution is 2.22. The van der Waals surface area contributed by atoms with Gasteiger partial charge in [-0.3, -0.25) is 4.99 Å². The first-order valence-electron chi connectivity index (χ1n) is 3.25. The topological polar surface area (TPSA) is 12.4 Å². The molecule has 3 heteroatoms. The Morgan fingerprint density at radius 1 is 1.45 bits per heavy atom. The molecule has 56 valence electrons. The molecule has 0 aromatic heterocycles. The average Bonchev–Trinajstić information content (AvgIpc) is 2.34. The monoisotopic (exact) mass is 213 g/mol. The van der Waals surface area contributed by atoms with E-state index in [1.165, 1.54) is 6.07 Å². The van der Waals surface area contributed by atoms with Gasteiger partial charge in [0.25, 0.3) is 0 Å². The molecule has 0 aliphatic carbocycles. The van der Waals surface area contributed by atoms with E-state index in [0.29, 0.717) is 12.1 Å². The van der Waals surface area contributed by atoms with Gasteiger partial charge in [-0.2, -0.15) is 0 Å². The third kappa shape index (κ3) is 1.09. The first kappa shape index (κ1) is 6.98. The highest BCUT2D eigenvalue weighted by Gasteiger charge is 2.11. The van der Waals surface area contributed by atoms with E-state index in [1.54, 1.807) is 6.21 Å². The summed E-state index contributed by atoms with van der Waals surface area (Å²) in [6.07, 6.45) is 1.70. The summed E-state index contributed by atoms with van der Waals surface area (Å²) in [5.74, 6) is -0.174. The molecule has 0 unspecified atom stereocenters. The van der Waals surface area contributed by atoms with Crippen molar-refractivity contribution in [1.82, 2.24) is 0 Å². The predicted octanol–water partition coefficient (Wildman–Crippen LogP) is 2.52. The zero-order valence-electron chi connectivity index (χ0n) is 5.64. The lowest BCUT2D eigenvalue weighted by molar-refractivity contribution is 0.611. The molecule has 1 aromatic carbocycles. The highest BCUT2D eigenvalue weighted by molar-refractivity contribution is 9.10. The summed E-state index contributed by atoms with van der Waals surface area (Å²) in [6, 6.07) is 3.34. The van der Waals surface area contributed by atoms with Crippen LogP contribution in [0.15, 0.2) is 21.6 Å². The maximum absolute atomic E-state index is 13.0. The Hall–Kier alpha value is -0.700. The zero-order valence-corrected chi connectivity index (χ0v) is 7.23. The van der Waals surface area contributed by atoms with Crippen LogP contribution in [0.4, 0.5) is 4.39 Å². The van der Waals surface area contributed by atoms with Crippen molar-refractivity contribution < 1.29 is 4.39 Å². The average molecular weight is 214 g/mol. The summed E-state index contributed by atoms with van der Waals surface area (Å²) in [5, 5.41) is 0. The largest absolute Gasteiger partial charge is 0.288 e. The molecule has 11 heavy (non-hydrogen) atoms. The minimum absolute atomic E-state index is 0.174. The highest BCUT2D eigenvalue weighted by atomic mass is 79.9. The molecule has 0 saturated heterocycles. The Bertz CT molecular complexity index is 333. The smallest absolute Gasteiger partial charge is 0.130 e. The van der Waals surface area contributed by atoms with Crippen LogP contribution in [0.5, 0.6) is 0 Å². The molecule has 0 bridgehead atoms. The molecule has 0 atom stereocenters. The van der Waals surface area contributed by atoms with E-state index in [4.69, 9.17) is 0 Å². The quantitative estimate of drug-likeness (QED) is 0.629. The molecular formula is C8H5BrFN. The Morgan fingerprint density at radius 3 is 3.09 bits per heavy atom. The summed E-state index contributed by atoms with van der Waals surface area (Å²) < 4.78 is 13.8. The lowest BCUT2D eigenvalue weighted by atomic mass is 10.1. The maximum Gasteiger partial charge on any atom is 0.130 e. The van der Waals surface area contributed by atoms with E-state index in [-0.39, 0.29) is 5.82 Å². The Labute approximate surface area is 72.1 Å². The minimum Gasteiger partial charge on any atom is -0.288 e. The molecule has 1 aliphatic heterocycles. The van der Waals surface area contributed by atoms with E-state index in [0.717, 1.165) is 10.0 Å². The van der Waals surface area contributed by atoms with Gasteiger partial charge in [-0.15, -0.1) is 0 Å². The van der Waals surface area contributed by atoms with Crippen LogP contribution < -0.4 is 0 Å². The fourth-order valence-corrected chi connectivity index (χ4v) is 1.59. The Morgan fingerprint density at radius 2 is 2.27 bits per heavy atom. The number of aliphatic imine (C=N–C) groups is 1. The summed E-state index contributed by atoms with van der Waals surface area (Å²) in [6.45, 7) is 0.481. The van der Waals surface area contributed by atoms with Crippen LogP contribution >= 0.6 is 15.9 Å². The number of halogens is 2. The fraction of sp³-hybridized carbons (Fsp3) is 0.125. The number of hydrogen-bond acceptors (Lipinski definition) is 1. The van der Waals surface area contributed by atoms with Gasteiger partial charge in [0.15, 0.2) is 0 Å². The van der Waals surface area contributed by atoms with Crippen LogP contribution in [0.2, 0.25) is 0 Å². The van der Waals surface area contributed by atoms with Gasteiger partial charge in [-0.25, -0.2) is 4.39 Å². The van der Waals surface area contributed by atoms with Gasteiger partial charge in [-0.1, -0.05) is 15.9 Å². The van der Waals surface area contributed by atoms with Gasteiger partial charge in [-0.05, 0) is 12.1 Å². The summed E-state index contributed by atoms with van der Waals surface area (Å²) in [5.41, 5.74) is 1.59. The second kappa shape index (κ2) is 2.41. The number of benzene rings is 1. The third-order valence-corrected chi connectivity index (χ3v) is 2.13. The number of fused-ring (bicyclic) bond motifs is 1. The second-order valence-corrected chi connectivity index (χ2v) is 3.34. The van der Waals surface area contributed by atoms with Crippen molar-refractivity contribution in [2.24, 2.45) is 4.99 Å². The van der Waals surface area contributed by atoms with Crippen LogP contribution in [-0.4, -0.2) is 6.21 Å². The molecule has 0 N–H and O–H groups in total. The first-order valence-corrected chi connectivity index (χ1v) is 4.04. The summed E-state index contributed by atoms with van der Waals surface area (Å²) >= 11 is 3.21. The number of nitrogens with zero attached hydrogens (tertiary/aromatic N) is 1. The van der Waals surface area contributed by atoms with Crippen molar-refractivity contribution in [1.29, 1.82) is 0 Å². The van der Waals surface area contributed by atoms with Crippen molar-refractivity contribution in [3.05, 3.63) is 33.5 Å². The Kier molecular flexibility index (Phi) is 1.53. The molecule has 0 spiro atoms. The SMILES string of the molecule is Fc1cc(Br)cc2c1CN=C2. The summed E-state index contributed by atoms with van der Waals surface area (Å²) in [4.78, 5) is 3.97. The van der Waals surface area contributed by atoms with Gasteiger partial charge in [0, 0.05) is 21.8 Å². The normalized spacial score (nSPS) is 13.6. The molecule has 1 nitrogen and oxygen atoms in total. The molecule has 0 amide bonds. The van der Waals surface area contributed by atoms with E-state index in [1.807, 2.05) is 6.07 Å². The number of rotatable bonds is 0. The second-order valence-electron chi connectivity index (χ2n) is 2.43. The predicted molar refractivity (Wildman–Crippen MR) is 45.4 cm³/mol. The van der Waals surface area contributed by atoms with Crippen molar-refractivity contribution in [3.8, 4) is 0 Å². The van der Waals surface area contributed by atoms with Crippen LogP contribution in [-0.2, 0) is 6.54 Å². The zero-order chi connectivity index (χ0) is 7.84. The molecule has 0 radical (unpaired) electrons. The molecule has 0 saturated carbocycles. The standard InChI is InChI=1S/C8H5BrFN/c9-6-1-5-3-11-4-7(5)8(10)2-6/h1-3H,4H2. The fourth-order valence-electron chi connectivity index (χ4n) is 1.14. The van der Waals surface area contributed by atoms with Crippen molar-refractivity contribution in [3.63, 3.8) is 0 Å². The first-order chi connectivity index (χ1) is 5.27. The molecule has 1 aliphatic rings. The maximum atomic E-state index is 13.0. The van der Waals surface area contributed by atoms with Crippen LogP contribution in [0.3, 0.4) is 0 Å². The van der Waals surface area contributed by atoms with Crippen molar-refractivity contribution in [2.75, 3.05) is 0 Å². The molecule has 1 heterocycles. The molecule has 2 rings (SSSR count). The summed E-state index contributed by atoms with van der Waals surface area (Å²) in [7, 11) is 0. The van der Waals surface area contributed by atoms with E-state index in [9.17, 15) is 4.39 Å². The van der Waals surface area contributed by atoms with Crippen LogP contribution in [0, 0.1) is 5.82 Å². The molecule has 0 fully saturated rings. The lowest BCUT2D eigenvalue weighted by Gasteiger charge is -1.98. The molecule has 1 aromatic rings. The lowest BCUT2D eigenvalue weighted by Crippen LogP contribution is -1.89. The van der Waals surface area contributed by atoms with E-state index < -0.39 is 0 Å². The minimum atomic E-state index is -0.174. The van der Waals surface area contributed by atoms with Gasteiger partial charge in [0.1, 0.15) is 5.82 Å². The van der Waals surface area contributed by atoms with E-state index >= 15 is 0 Å². The van der Waals surface area contributed by atoms with E-state index in [2.05, 4.69) is 20.9 Å².